The molecule has 0 saturated carbocycles. The summed E-state index contributed by atoms with van der Waals surface area (Å²) in [5, 5.41) is 18.7. The third-order valence-electron chi connectivity index (χ3n) is 2.50. The van der Waals surface area contributed by atoms with Gasteiger partial charge < -0.3 is 10.4 Å². The number of aliphatic hydroxyl groups excluding tert-OH is 1. The molecule has 0 fully saturated rings. The lowest BCUT2D eigenvalue weighted by molar-refractivity contribution is -0.120. The fourth-order valence-electron chi connectivity index (χ4n) is 1.48. The minimum Gasteiger partial charge on any atom is -0.393 e. The quantitative estimate of drug-likeness (QED) is 0.681. The molecule has 0 radical (unpaired) electrons. The predicted molar refractivity (Wildman–Crippen MR) is 61.1 cm³/mol. The van der Waals surface area contributed by atoms with Crippen LogP contribution in [0.3, 0.4) is 0 Å². The number of nitrogens with zero attached hydrogens (tertiary/aromatic N) is 1. The van der Waals surface area contributed by atoms with Crippen molar-refractivity contribution < 1.29 is 9.90 Å². The first kappa shape index (κ1) is 12.7. The highest BCUT2D eigenvalue weighted by molar-refractivity contribution is 5.79. The van der Waals surface area contributed by atoms with Gasteiger partial charge in [0, 0.05) is 17.8 Å². The lowest BCUT2D eigenvalue weighted by atomic mass is 10.1. The number of aromatic amines is 1. The Hall–Kier alpha value is -1.36. The molecule has 0 aliphatic heterocycles. The molecule has 1 unspecified atom stereocenters. The Labute approximate surface area is 95.3 Å². The SMILES string of the molecule is Cc1n[nH]c(C)c1CC(=O)NCCC(C)O. The molecule has 3 N–H and O–H groups in total. The first-order chi connectivity index (χ1) is 7.50. The first-order valence-corrected chi connectivity index (χ1v) is 5.46. The van der Waals surface area contributed by atoms with Crippen molar-refractivity contribution in [1.82, 2.24) is 15.5 Å². The Bertz CT molecular complexity index is 339. The monoisotopic (exact) mass is 225 g/mol. The molecule has 16 heavy (non-hydrogen) atoms. The lowest BCUT2D eigenvalue weighted by Gasteiger charge is -2.06. The Kier molecular flexibility index (Phi) is 4.49. The Morgan fingerprint density at radius 3 is 2.75 bits per heavy atom. The van der Waals surface area contributed by atoms with E-state index in [2.05, 4.69) is 15.5 Å². The number of carbonyl (C=O) groups is 1. The van der Waals surface area contributed by atoms with Crippen molar-refractivity contribution in [2.45, 2.75) is 39.7 Å². The fraction of sp³-hybridized carbons (Fsp3) is 0.636. The Morgan fingerprint density at radius 1 is 1.56 bits per heavy atom. The van der Waals surface area contributed by atoms with Gasteiger partial charge in [-0.2, -0.15) is 5.10 Å². The average molecular weight is 225 g/mol. The summed E-state index contributed by atoms with van der Waals surface area (Å²) in [5.74, 6) is -0.0340. The smallest absolute Gasteiger partial charge is 0.224 e. The van der Waals surface area contributed by atoms with Crippen LogP contribution in [-0.4, -0.2) is 33.9 Å². The molecule has 0 aliphatic carbocycles. The summed E-state index contributed by atoms with van der Waals surface area (Å²) in [6.45, 7) is 5.99. The summed E-state index contributed by atoms with van der Waals surface area (Å²) in [5.41, 5.74) is 2.75. The molecule has 0 saturated heterocycles. The van der Waals surface area contributed by atoms with Crippen molar-refractivity contribution in [3.05, 3.63) is 17.0 Å². The van der Waals surface area contributed by atoms with E-state index in [-0.39, 0.29) is 12.0 Å². The summed E-state index contributed by atoms with van der Waals surface area (Å²) < 4.78 is 0. The number of aromatic nitrogens is 2. The standard InChI is InChI=1S/C11H19N3O2/c1-7(15)4-5-12-11(16)6-10-8(2)13-14-9(10)3/h7,15H,4-6H2,1-3H3,(H,12,16)(H,13,14). The number of carbonyl (C=O) groups excluding carboxylic acids is 1. The van der Waals surface area contributed by atoms with Gasteiger partial charge >= 0.3 is 0 Å². The first-order valence-electron chi connectivity index (χ1n) is 5.46. The molecule has 0 aromatic carbocycles. The minimum absolute atomic E-state index is 0.0340. The van der Waals surface area contributed by atoms with Crippen LogP contribution in [-0.2, 0) is 11.2 Å². The van der Waals surface area contributed by atoms with Gasteiger partial charge in [0.2, 0.25) is 5.91 Å². The molecule has 90 valence electrons. The van der Waals surface area contributed by atoms with Gasteiger partial charge in [0.1, 0.15) is 0 Å². The van der Waals surface area contributed by atoms with E-state index >= 15 is 0 Å². The van der Waals surface area contributed by atoms with Crippen LogP contribution in [0, 0.1) is 13.8 Å². The number of aryl methyl sites for hydroxylation is 2. The van der Waals surface area contributed by atoms with Crippen molar-refractivity contribution in [1.29, 1.82) is 0 Å². The van der Waals surface area contributed by atoms with Gasteiger partial charge in [0.25, 0.3) is 0 Å². The second-order valence-corrected chi connectivity index (χ2v) is 4.08. The van der Waals surface area contributed by atoms with Crippen molar-refractivity contribution >= 4 is 5.91 Å². The largest absolute Gasteiger partial charge is 0.393 e. The third-order valence-corrected chi connectivity index (χ3v) is 2.50. The van der Waals surface area contributed by atoms with Gasteiger partial charge in [-0.15, -0.1) is 0 Å². The van der Waals surface area contributed by atoms with Gasteiger partial charge in [-0.1, -0.05) is 0 Å². The van der Waals surface area contributed by atoms with E-state index in [0.29, 0.717) is 19.4 Å². The summed E-state index contributed by atoms with van der Waals surface area (Å²) in [4.78, 5) is 11.6. The Balaban J connectivity index is 2.40. The van der Waals surface area contributed by atoms with E-state index in [0.717, 1.165) is 17.0 Å². The Morgan fingerprint density at radius 2 is 2.25 bits per heavy atom. The van der Waals surface area contributed by atoms with Gasteiger partial charge in [-0.05, 0) is 27.2 Å². The molecule has 1 aromatic rings. The van der Waals surface area contributed by atoms with E-state index in [1.807, 2.05) is 13.8 Å². The van der Waals surface area contributed by atoms with Crippen molar-refractivity contribution in [2.75, 3.05) is 6.54 Å². The summed E-state index contributed by atoms with van der Waals surface area (Å²) in [6.07, 6.45) is 0.543. The summed E-state index contributed by atoms with van der Waals surface area (Å²) >= 11 is 0. The highest BCUT2D eigenvalue weighted by atomic mass is 16.3. The number of amides is 1. The fourth-order valence-corrected chi connectivity index (χ4v) is 1.48. The number of H-pyrrole nitrogens is 1. The molecular weight excluding hydrogens is 206 g/mol. The van der Waals surface area contributed by atoms with Crippen molar-refractivity contribution in [3.63, 3.8) is 0 Å². The summed E-state index contributed by atoms with van der Waals surface area (Å²) in [6, 6.07) is 0. The third kappa shape index (κ3) is 3.66. The molecular formula is C11H19N3O2. The topological polar surface area (TPSA) is 78.0 Å². The van der Waals surface area contributed by atoms with E-state index in [9.17, 15) is 4.79 Å². The second kappa shape index (κ2) is 5.65. The number of nitrogens with one attached hydrogen (secondary N) is 2. The predicted octanol–water partition coefficient (Wildman–Crippen LogP) is 0.456. The number of aliphatic hydroxyl groups is 1. The second-order valence-electron chi connectivity index (χ2n) is 4.08. The van der Waals surface area contributed by atoms with Crippen LogP contribution in [0.25, 0.3) is 0 Å². The van der Waals surface area contributed by atoms with Crippen LogP contribution in [0.4, 0.5) is 0 Å². The lowest BCUT2D eigenvalue weighted by Crippen LogP contribution is -2.28. The van der Waals surface area contributed by atoms with Crippen LogP contribution >= 0.6 is 0 Å². The van der Waals surface area contributed by atoms with Gasteiger partial charge in [0.15, 0.2) is 0 Å². The number of hydrogen-bond acceptors (Lipinski definition) is 3. The van der Waals surface area contributed by atoms with Crippen LogP contribution in [0.2, 0.25) is 0 Å². The molecule has 0 spiro atoms. The zero-order valence-corrected chi connectivity index (χ0v) is 10.0. The van der Waals surface area contributed by atoms with Crippen LogP contribution in [0.1, 0.15) is 30.3 Å². The maximum atomic E-state index is 11.6. The zero-order valence-electron chi connectivity index (χ0n) is 10.0. The molecule has 1 rings (SSSR count). The molecule has 1 amide bonds. The molecule has 0 bridgehead atoms. The zero-order chi connectivity index (χ0) is 12.1. The van der Waals surface area contributed by atoms with Gasteiger partial charge in [0.05, 0.1) is 18.2 Å². The van der Waals surface area contributed by atoms with Crippen LogP contribution < -0.4 is 5.32 Å². The number of rotatable bonds is 5. The maximum Gasteiger partial charge on any atom is 0.224 e. The molecule has 1 heterocycles. The molecule has 5 heteroatoms. The molecule has 0 aliphatic rings. The van der Waals surface area contributed by atoms with Gasteiger partial charge in [-0.3, -0.25) is 9.89 Å². The highest BCUT2D eigenvalue weighted by Crippen LogP contribution is 2.09. The molecule has 1 aromatic heterocycles. The maximum absolute atomic E-state index is 11.6. The van der Waals surface area contributed by atoms with Crippen LogP contribution in [0.5, 0.6) is 0 Å². The summed E-state index contributed by atoms with van der Waals surface area (Å²) in [7, 11) is 0. The van der Waals surface area contributed by atoms with Crippen molar-refractivity contribution in [3.8, 4) is 0 Å². The molecule has 1 atom stereocenters. The van der Waals surface area contributed by atoms with Crippen molar-refractivity contribution in [2.24, 2.45) is 0 Å². The van der Waals surface area contributed by atoms with E-state index in [1.54, 1.807) is 6.92 Å². The number of hydrogen-bond donors (Lipinski definition) is 3. The minimum atomic E-state index is -0.377. The van der Waals surface area contributed by atoms with E-state index < -0.39 is 0 Å². The highest BCUT2D eigenvalue weighted by Gasteiger charge is 2.10. The van der Waals surface area contributed by atoms with Crippen LogP contribution in [0.15, 0.2) is 0 Å². The average Bonchev–Trinajstić information content (AvgIpc) is 2.49. The van der Waals surface area contributed by atoms with E-state index in [4.69, 9.17) is 5.11 Å². The van der Waals surface area contributed by atoms with E-state index in [1.165, 1.54) is 0 Å². The molecule has 5 nitrogen and oxygen atoms in total. The normalized spacial score (nSPS) is 12.5. The van der Waals surface area contributed by atoms with Gasteiger partial charge in [-0.25, -0.2) is 0 Å².